The predicted octanol–water partition coefficient (Wildman–Crippen LogP) is 0.311. The SMILES string of the molecule is CCC(N)CCc1cnc(N)nc1N. The summed E-state index contributed by atoms with van der Waals surface area (Å²) in [4.78, 5) is 7.77. The Morgan fingerprint density at radius 2 is 2.14 bits per heavy atom. The molecular weight excluding hydrogens is 178 g/mol. The van der Waals surface area contributed by atoms with Crippen molar-refractivity contribution in [1.82, 2.24) is 9.97 Å². The average Bonchev–Trinajstić information content (AvgIpc) is 2.16. The molecule has 0 aromatic carbocycles. The topological polar surface area (TPSA) is 104 Å². The molecular formula is C9H17N5. The molecule has 0 aliphatic heterocycles. The summed E-state index contributed by atoms with van der Waals surface area (Å²) in [7, 11) is 0. The highest BCUT2D eigenvalue weighted by molar-refractivity contribution is 5.41. The first-order valence-electron chi connectivity index (χ1n) is 4.76. The summed E-state index contributed by atoms with van der Waals surface area (Å²) >= 11 is 0. The van der Waals surface area contributed by atoms with Gasteiger partial charge in [0.05, 0.1) is 0 Å². The van der Waals surface area contributed by atoms with Gasteiger partial charge < -0.3 is 17.2 Å². The van der Waals surface area contributed by atoms with Crippen LogP contribution in [0.15, 0.2) is 6.20 Å². The first kappa shape index (κ1) is 10.7. The van der Waals surface area contributed by atoms with Crippen LogP contribution >= 0.6 is 0 Å². The molecule has 1 aromatic rings. The molecule has 0 aliphatic carbocycles. The Labute approximate surface area is 83.7 Å². The number of nitrogens with zero attached hydrogens (tertiary/aromatic N) is 2. The smallest absolute Gasteiger partial charge is 0.221 e. The summed E-state index contributed by atoms with van der Waals surface area (Å²) in [5, 5.41) is 0. The molecule has 1 rings (SSSR count). The third-order valence-electron chi connectivity index (χ3n) is 2.23. The number of hydrogen-bond acceptors (Lipinski definition) is 5. The van der Waals surface area contributed by atoms with Gasteiger partial charge in [-0.1, -0.05) is 6.92 Å². The zero-order chi connectivity index (χ0) is 10.6. The molecule has 1 atom stereocenters. The van der Waals surface area contributed by atoms with Gasteiger partial charge in [0, 0.05) is 17.8 Å². The van der Waals surface area contributed by atoms with Gasteiger partial charge in [-0.05, 0) is 19.3 Å². The first-order valence-corrected chi connectivity index (χ1v) is 4.76. The molecule has 1 aromatic heterocycles. The zero-order valence-corrected chi connectivity index (χ0v) is 8.40. The molecule has 0 saturated heterocycles. The molecule has 14 heavy (non-hydrogen) atoms. The monoisotopic (exact) mass is 195 g/mol. The molecule has 0 radical (unpaired) electrons. The Balaban J connectivity index is 2.59. The fourth-order valence-corrected chi connectivity index (χ4v) is 1.17. The molecule has 0 fully saturated rings. The van der Waals surface area contributed by atoms with Crippen molar-refractivity contribution < 1.29 is 0 Å². The second kappa shape index (κ2) is 4.76. The molecule has 5 nitrogen and oxygen atoms in total. The third kappa shape index (κ3) is 2.85. The van der Waals surface area contributed by atoms with Crippen molar-refractivity contribution in [2.75, 3.05) is 11.5 Å². The normalized spacial score (nSPS) is 12.7. The van der Waals surface area contributed by atoms with E-state index in [0.717, 1.165) is 24.8 Å². The summed E-state index contributed by atoms with van der Waals surface area (Å²) in [5.74, 6) is 0.673. The number of aromatic nitrogens is 2. The number of nitrogen functional groups attached to an aromatic ring is 2. The number of aryl methyl sites for hydroxylation is 1. The van der Waals surface area contributed by atoms with Crippen LogP contribution in [0, 0.1) is 0 Å². The van der Waals surface area contributed by atoms with E-state index in [-0.39, 0.29) is 12.0 Å². The quantitative estimate of drug-likeness (QED) is 0.641. The van der Waals surface area contributed by atoms with Crippen LogP contribution in [0.4, 0.5) is 11.8 Å². The van der Waals surface area contributed by atoms with E-state index in [1.54, 1.807) is 6.20 Å². The van der Waals surface area contributed by atoms with Gasteiger partial charge in [0.25, 0.3) is 0 Å². The van der Waals surface area contributed by atoms with E-state index >= 15 is 0 Å². The largest absolute Gasteiger partial charge is 0.383 e. The average molecular weight is 195 g/mol. The molecule has 1 unspecified atom stereocenters. The van der Waals surface area contributed by atoms with Gasteiger partial charge in [-0.3, -0.25) is 0 Å². The first-order chi connectivity index (χ1) is 6.63. The van der Waals surface area contributed by atoms with Crippen LogP contribution in [0.3, 0.4) is 0 Å². The second-order valence-corrected chi connectivity index (χ2v) is 3.35. The van der Waals surface area contributed by atoms with Crippen LogP contribution in [0.1, 0.15) is 25.3 Å². The van der Waals surface area contributed by atoms with E-state index in [1.807, 2.05) is 0 Å². The molecule has 0 saturated carbocycles. The molecule has 0 bridgehead atoms. The minimum Gasteiger partial charge on any atom is -0.383 e. The molecule has 0 amide bonds. The van der Waals surface area contributed by atoms with Crippen LogP contribution in [0.2, 0.25) is 0 Å². The van der Waals surface area contributed by atoms with Crippen molar-refractivity contribution in [3.05, 3.63) is 11.8 Å². The Kier molecular flexibility index (Phi) is 3.64. The summed E-state index contributed by atoms with van der Waals surface area (Å²) in [6.07, 6.45) is 4.34. The number of hydrogen-bond donors (Lipinski definition) is 3. The molecule has 78 valence electrons. The number of anilines is 2. The maximum Gasteiger partial charge on any atom is 0.221 e. The minimum atomic E-state index is 0.214. The summed E-state index contributed by atoms with van der Waals surface area (Å²) < 4.78 is 0. The molecule has 6 N–H and O–H groups in total. The van der Waals surface area contributed by atoms with Gasteiger partial charge in [-0.15, -0.1) is 0 Å². The fourth-order valence-electron chi connectivity index (χ4n) is 1.17. The number of rotatable bonds is 4. The lowest BCUT2D eigenvalue weighted by atomic mass is 10.1. The molecule has 0 aliphatic rings. The van der Waals surface area contributed by atoms with Gasteiger partial charge >= 0.3 is 0 Å². The van der Waals surface area contributed by atoms with Gasteiger partial charge in [0.15, 0.2) is 0 Å². The van der Waals surface area contributed by atoms with Gasteiger partial charge in [0.1, 0.15) is 5.82 Å². The van der Waals surface area contributed by atoms with Crippen molar-refractivity contribution in [3.8, 4) is 0 Å². The van der Waals surface area contributed by atoms with Crippen molar-refractivity contribution in [2.24, 2.45) is 5.73 Å². The lowest BCUT2D eigenvalue weighted by Gasteiger charge is -2.09. The van der Waals surface area contributed by atoms with Crippen molar-refractivity contribution >= 4 is 11.8 Å². The second-order valence-electron chi connectivity index (χ2n) is 3.35. The van der Waals surface area contributed by atoms with Crippen molar-refractivity contribution in [3.63, 3.8) is 0 Å². The third-order valence-corrected chi connectivity index (χ3v) is 2.23. The Morgan fingerprint density at radius 3 is 2.71 bits per heavy atom. The minimum absolute atomic E-state index is 0.214. The van der Waals surface area contributed by atoms with Crippen LogP contribution < -0.4 is 17.2 Å². The lowest BCUT2D eigenvalue weighted by molar-refractivity contribution is 0.595. The number of nitrogens with two attached hydrogens (primary N) is 3. The Morgan fingerprint density at radius 1 is 1.43 bits per heavy atom. The lowest BCUT2D eigenvalue weighted by Crippen LogP contribution is -2.19. The van der Waals surface area contributed by atoms with Gasteiger partial charge in [0.2, 0.25) is 5.95 Å². The Hall–Kier alpha value is -1.36. The fraction of sp³-hybridized carbons (Fsp3) is 0.556. The van der Waals surface area contributed by atoms with E-state index in [1.165, 1.54) is 0 Å². The van der Waals surface area contributed by atoms with Crippen LogP contribution in [-0.2, 0) is 6.42 Å². The van der Waals surface area contributed by atoms with E-state index in [9.17, 15) is 0 Å². The maximum atomic E-state index is 5.79. The summed E-state index contributed by atoms with van der Waals surface area (Å²) in [5.41, 5.74) is 17.8. The van der Waals surface area contributed by atoms with Crippen molar-refractivity contribution in [1.29, 1.82) is 0 Å². The summed E-state index contributed by atoms with van der Waals surface area (Å²) in [6.45, 7) is 2.06. The summed E-state index contributed by atoms with van der Waals surface area (Å²) in [6, 6.07) is 0.215. The van der Waals surface area contributed by atoms with Crippen LogP contribution in [0.5, 0.6) is 0 Å². The molecule has 0 spiro atoms. The van der Waals surface area contributed by atoms with Crippen molar-refractivity contribution in [2.45, 2.75) is 32.2 Å². The van der Waals surface area contributed by atoms with E-state index in [0.29, 0.717) is 5.82 Å². The van der Waals surface area contributed by atoms with E-state index < -0.39 is 0 Å². The highest BCUT2D eigenvalue weighted by Gasteiger charge is 2.05. The maximum absolute atomic E-state index is 5.79. The van der Waals surface area contributed by atoms with E-state index in [2.05, 4.69) is 16.9 Å². The molecule has 5 heteroatoms. The predicted molar refractivity (Wildman–Crippen MR) is 57.4 cm³/mol. The van der Waals surface area contributed by atoms with Gasteiger partial charge in [-0.2, -0.15) is 4.98 Å². The zero-order valence-electron chi connectivity index (χ0n) is 8.40. The highest BCUT2D eigenvalue weighted by Crippen LogP contribution is 2.11. The highest BCUT2D eigenvalue weighted by atomic mass is 15.0. The molecule has 1 heterocycles. The van der Waals surface area contributed by atoms with E-state index in [4.69, 9.17) is 17.2 Å². The van der Waals surface area contributed by atoms with Crippen LogP contribution in [-0.4, -0.2) is 16.0 Å². The van der Waals surface area contributed by atoms with Crippen LogP contribution in [0.25, 0.3) is 0 Å². The van der Waals surface area contributed by atoms with Gasteiger partial charge in [-0.25, -0.2) is 4.98 Å². The Bertz CT molecular complexity index is 299. The standard InChI is InChI=1S/C9H17N5/c1-2-7(10)4-3-6-5-13-9(12)14-8(6)11/h5,7H,2-4,10H2,1H3,(H4,11,12,13,14).